The number of carbonyl (C=O) groups excluding carboxylic acids is 4. The quantitative estimate of drug-likeness (QED) is 0.123. The van der Waals surface area contributed by atoms with Crippen molar-refractivity contribution in [2.24, 2.45) is 0 Å². The van der Waals surface area contributed by atoms with Crippen LogP contribution in [-0.2, 0) is 35.3 Å². The molecular formula is C40H42N4O8S2. The third-order valence-corrected chi connectivity index (χ3v) is 11.4. The number of thioether (sulfide) groups is 2. The number of aliphatic hydroxyl groups is 2. The van der Waals surface area contributed by atoms with Crippen molar-refractivity contribution in [3.8, 4) is 11.5 Å². The van der Waals surface area contributed by atoms with Crippen LogP contribution in [0.25, 0.3) is 0 Å². The molecular weight excluding hydrogens is 729 g/mol. The molecule has 4 aromatic rings. The standard InChI is InChI=1S/C40H42N4O8S2/c1-2-25-7-13-33(41-19-25)29(21-45)23-51-32-11-5-27(6-12-32)18-36-38(48)44(40(50)54-36)16-15-28-8-14-34(42-20-28)30(22-46)24-52-31-9-3-26(4-10-31)17-35-37(47)43-39(49)53-35/h3-14,19-20,29-30,35-36,45-46H,2,15-18,21-24H2,1H3,(H,43,47,49). The molecule has 54 heavy (non-hydrogen) atoms. The third kappa shape index (κ3) is 10.1. The molecule has 2 saturated heterocycles. The molecule has 4 atom stereocenters. The predicted octanol–water partition coefficient (Wildman–Crippen LogP) is 5.09. The number of ether oxygens (including phenoxy) is 2. The normalized spacial score (nSPS) is 18.2. The highest BCUT2D eigenvalue weighted by Crippen LogP contribution is 2.31. The summed E-state index contributed by atoms with van der Waals surface area (Å²) in [5.41, 5.74) is 5.22. The highest BCUT2D eigenvalue weighted by Gasteiger charge is 2.39. The highest BCUT2D eigenvalue weighted by atomic mass is 32.2. The molecule has 4 unspecified atom stereocenters. The van der Waals surface area contributed by atoms with Crippen LogP contribution in [-0.4, -0.2) is 90.8 Å². The fraction of sp³-hybridized carbons (Fsp3) is 0.350. The first-order chi connectivity index (χ1) is 26.2. The average Bonchev–Trinajstić information content (AvgIpc) is 3.66. The SMILES string of the molecule is CCc1ccc(C(CO)COc2ccc(CC3SC(=O)N(CCc4ccc(C(CO)COc5ccc(CC6SC(=O)NC6=O)cc5)nc4)C3=O)cc2)nc1. The Morgan fingerprint density at radius 2 is 1.22 bits per heavy atom. The van der Waals surface area contributed by atoms with Crippen LogP contribution in [0.3, 0.4) is 0 Å². The monoisotopic (exact) mass is 770 g/mol. The third-order valence-electron chi connectivity index (χ3n) is 9.37. The number of benzene rings is 2. The molecule has 14 heteroatoms. The van der Waals surface area contributed by atoms with Gasteiger partial charge in [0.05, 0.1) is 48.8 Å². The van der Waals surface area contributed by atoms with Gasteiger partial charge in [0.25, 0.3) is 10.5 Å². The van der Waals surface area contributed by atoms with Crippen LogP contribution in [0.15, 0.2) is 85.2 Å². The van der Waals surface area contributed by atoms with Crippen LogP contribution in [0.1, 0.15) is 52.4 Å². The second-order valence-electron chi connectivity index (χ2n) is 13.1. The summed E-state index contributed by atoms with van der Waals surface area (Å²) in [5, 5.41) is 20.7. The molecule has 0 radical (unpaired) electrons. The molecule has 4 heterocycles. The molecule has 3 N–H and O–H groups in total. The van der Waals surface area contributed by atoms with Crippen LogP contribution in [0, 0.1) is 0 Å². The minimum Gasteiger partial charge on any atom is -0.493 e. The summed E-state index contributed by atoms with van der Waals surface area (Å²) >= 11 is 2.03. The number of nitrogens with one attached hydrogen (secondary N) is 1. The Labute approximate surface area is 322 Å². The van der Waals surface area contributed by atoms with Gasteiger partial charge in [0.1, 0.15) is 11.5 Å². The fourth-order valence-corrected chi connectivity index (χ4v) is 7.95. The first-order valence-corrected chi connectivity index (χ1v) is 19.6. The molecule has 6 rings (SSSR count). The van der Waals surface area contributed by atoms with E-state index >= 15 is 0 Å². The lowest BCUT2D eigenvalue weighted by molar-refractivity contribution is -0.126. The second-order valence-corrected chi connectivity index (χ2v) is 15.4. The van der Waals surface area contributed by atoms with Gasteiger partial charge < -0.3 is 19.7 Å². The largest absolute Gasteiger partial charge is 0.493 e. The van der Waals surface area contributed by atoms with Crippen molar-refractivity contribution in [2.45, 2.75) is 54.9 Å². The maximum Gasteiger partial charge on any atom is 0.289 e. The van der Waals surface area contributed by atoms with E-state index in [-0.39, 0.29) is 67.1 Å². The zero-order chi connectivity index (χ0) is 38.0. The number of carbonyl (C=O) groups is 4. The van der Waals surface area contributed by atoms with E-state index in [0.29, 0.717) is 36.5 Å². The van der Waals surface area contributed by atoms with Crippen molar-refractivity contribution in [2.75, 3.05) is 33.0 Å². The highest BCUT2D eigenvalue weighted by molar-refractivity contribution is 8.15. The van der Waals surface area contributed by atoms with Gasteiger partial charge in [-0.1, -0.05) is 66.8 Å². The molecule has 2 aromatic carbocycles. The number of aromatic nitrogens is 2. The molecule has 0 spiro atoms. The van der Waals surface area contributed by atoms with Gasteiger partial charge in [-0.3, -0.25) is 39.4 Å². The lowest BCUT2D eigenvalue weighted by Gasteiger charge is -2.17. The van der Waals surface area contributed by atoms with Gasteiger partial charge in [-0.05, 0) is 84.3 Å². The molecule has 282 valence electrons. The molecule has 2 aliphatic heterocycles. The van der Waals surface area contributed by atoms with Gasteiger partial charge in [0.2, 0.25) is 11.8 Å². The zero-order valence-corrected chi connectivity index (χ0v) is 31.4. The van der Waals surface area contributed by atoms with Gasteiger partial charge in [0, 0.05) is 30.3 Å². The van der Waals surface area contributed by atoms with E-state index in [4.69, 9.17) is 9.47 Å². The summed E-state index contributed by atoms with van der Waals surface area (Å²) in [6.45, 7) is 2.51. The number of imide groups is 2. The Kier molecular flexibility index (Phi) is 13.4. The van der Waals surface area contributed by atoms with Crippen molar-refractivity contribution in [1.29, 1.82) is 0 Å². The number of aliphatic hydroxyl groups excluding tert-OH is 2. The summed E-state index contributed by atoms with van der Waals surface area (Å²) in [7, 11) is 0. The van der Waals surface area contributed by atoms with Crippen LogP contribution >= 0.6 is 23.5 Å². The first kappa shape index (κ1) is 38.9. The lowest BCUT2D eigenvalue weighted by Crippen LogP contribution is -2.33. The summed E-state index contributed by atoms with van der Waals surface area (Å²) < 4.78 is 11.8. The van der Waals surface area contributed by atoms with Gasteiger partial charge in [-0.2, -0.15) is 0 Å². The number of nitrogens with zero attached hydrogens (tertiary/aromatic N) is 3. The van der Waals surface area contributed by atoms with Crippen LogP contribution in [0.4, 0.5) is 9.59 Å². The van der Waals surface area contributed by atoms with E-state index in [1.165, 1.54) is 4.90 Å². The van der Waals surface area contributed by atoms with Crippen LogP contribution < -0.4 is 14.8 Å². The Morgan fingerprint density at radius 1 is 0.704 bits per heavy atom. The Morgan fingerprint density at radius 3 is 1.69 bits per heavy atom. The summed E-state index contributed by atoms with van der Waals surface area (Å²) in [5.74, 6) is 0.121. The molecule has 12 nitrogen and oxygen atoms in total. The van der Waals surface area contributed by atoms with E-state index in [9.17, 15) is 29.4 Å². The maximum atomic E-state index is 13.2. The number of pyridine rings is 2. The number of hydrogen-bond acceptors (Lipinski definition) is 12. The summed E-state index contributed by atoms with van der Waals surface area (Å²) in [6.07, 6.45) is 5.69. The van der Waals surface area contributed by atoms with E-state index in [2.05, 4.69) is 22.2 Å². The zero-order valence-electron chi connectivity index (χ0n) is 29.8. The summed E-state index contributed by atoms with van der Waals surface area (Å²) in [6, 6.07) is 22.3. The molecule has 0 bridgehead atoms. The molecule has 4 amide bonds. The van der Waals surface area contributed by atoms with E-state index in [1.54, 1.807) is 18.3 Å². The van der Waals surface area contributed by atoms with Gasteiger partial charge in [0.15, 0.2) is 0 Å². The van der Waals surface area contributed by atoms with Gasteiger partial charge >= 0.3 is 0 Å². The van der Waals surface area contributed by atoms with Crippen molar-refractivity contribution >= 4 is 45.8 Å². The Bertz CT molecular complexity index is 1910. The van der Waals surface area contributed by atoms with Gasteiger partial charge in [-0.15, -0.1) is 0 Å². The minimum absolute atomic E-state index is 0.0846. The van der Waals surface area contributed by atoms with Gasteiger partial charge in [-0.25, -0.2) is 0 Å². The van der Waals surface area contributed by atoms with E-state index < -0.39 is 10.5 Å². The lowest BCUT2D eigenvalue weighted by atomic mass is 10.1. The van der Waals surface area contributed by atoms with Crippen molar-refractivity contribution in [3.05, 3.63) is 119 Å². The van der Waals surface area contributed by atoms with Crippen molar-refractivity contribution in [3.63, 3.8) is 0 Å². The number of hydrogen-bond donors (Lipinski definition) is 3. The molecule has 2 aromatic heterocycles. The van der Waals surface area contributed by atoms with Crippen LogP contribution in [0.5, 0.6) is 11.5 Å². The molecule has 2 fully saturated rings. The number of aryl methyl sites for hydroxylation is 1. The fourth-order valence-electron chi connectivity index (χ4n) is 6.04. The molecule has 2 aliphatic rings. The number of amides is 4. The Balaban J connectivity index is 0.939. The average molecular weight is 771 g/mol. The van der Waals surface area contributed by atoms with E-state index in [1.807, 2.05) is 66.9 Å². The second kappa shape index (κ2) is 18.5. The number of rotatable bonds is 18. The Hall–Kier alpha value is -4.76. The molecule has 0 aliphatic carbocycles. The smallest absolute Gasteiger partial charge is 0.289 e. The van der Waals surface area contributed by atoms with E-state index in [0.717, 1.165) is 57.9 Å². The van der Waals surface area contributed by atoms with Crippen LogP contribution in [0.2, 0.25) is 0 Å². The maximum absolute atomic E-state index is 13.2. The summed E-state index contributed by atoms with van der Waals surface area (Å²) in [4.78, 5) is 59.6. The predicted molar refractivity (Wildman–Crippen MR) is 206 cm³/mol. The van der Waals surface area contributed by atoms with Crippen molar-refractivity contribution < 1.29 is 38.9 Å². The minimum atomic E-state index is -0.513. The van der Waals surface area contributed by atoms with Crippen molar-refractivity contribution in [1.82, 2.24) is 20.2 Å². The first-order valence-electron chi connectivity index (χ1n) is 17.8. The molecule has 0 saturated carbocycles. The topological polar surface area (TPSA) is 168 Å².